The third-order valence-corrected chi connectivity index (χ3v) is 3.68. The van der Waals surface area contributed by atoms with E-state index in [1.807, 2.05) is 0 Å². The van der Waals surface area contributed by atoms with Crippen molar-refractivity contribution in [3.05, 3.63) is 0 Å². The maximum absolute atomic E-state index is 3.68. The summed E-state index contributed by atoms with van der Waals surface area (Å²) in [7, 11) is 0. The minimum atomic E-state index is 0.883. The van der Waals surface area contributed by atoms with E-state index in [0.717, 1.165) is 11.8 Å². The molecule has 0 saturated carbocycles. The third kappa shape index (κ3) is 8.15. The summed E-state index contributed by atoms with van der Waals surface area (Å²) in [6, 6.07) is 0. The molecule has 0 radical (unpaired) electrons. The Kier molecular flexibility index (Phi) is 11.4. The molecule has 0 spiro atoms. The second kappa shape index (κ2) is 11.4. The van der Waals surface area contributed by atoms with Gasteiger partial charge in [-0.05, 0) is 37.8 Å². The van der Waals surface area contributed by atoms with Crippen LogP contribution in [0.1, 0.15) is 72.6 Å². The molecule has 0 aliphatic heterocycles. The molecule has 16 heavy (non-hydrogen) atoms. The maximum Gasteiger partial charge on any atom is -0.00204 e. The smallest absolute Gasteiger partial charge is 0.00204 e. The van der Waals surface area contributed by atoms with Crippen LogP contribution >= 0.6 is 0 Å². The molecule has 98 valence electrons. The van der Waals surface area contributed by atoms with Crippen molar-refractivity contribution in [2.75, 3.05) is 13.1 Å². The highest BCUT2D eigenvalue weighted by Crippen LogP contribution is 2.14. The zero-order chi connectivity index (χ0) is 12.2. The van der Waals surface area contributed by atoms with Crippen LogP contribution in [0.25, 0.3) is 0 Å². The Bertz CT molecular complexity index is 129. The predicted molar refractivity (Wildman–Crippen MR) is 74.9 cm³/mol. The monoisotopic (exact) mass is 227 g/mol. The average Bonchev–Trinajstić information content (AvgIpc) is 2.31. The van der Waals surface area contributed by atoms with E-state index >= 15 is 0 Å². The summed E-state index contributed by atoms with van der Waals surface area (Å²) < 4.78 is 0. The van der Waals surface area contributed by atoms with E-state index in [0.29, 0.717) is 0 Å². The van der Waals surface area contributed by atoms with Gasteiger partial charge in [0.25, 0.3) is 0 Å². The Balaban J connectivity index is 3.65. The number of rotatable bonds is 11. The molecule has 0 bridgehead atoms. The summed E-state index contributed by atoms with van der Waals surface area (Å²) in [5.41, 5.74) is 0. The summed E-state index contributed by atoms with van der Waals surface area (Å²) in [5.74, 6) is 1.80. The van der Waals surface area contributed by atoms with Gasteiger partial charge in [-0.15, -0.1) is 0 Å². The molecule has 0 fully saturated rings. The van der Waals surface area contributed by atoms with E-state index in [2.05, 4.69) is 33.0 Å². The molecule has 1 N–H and O–H groups in total. The number of nitrogens with one attached hydrogen (secondary N) is 1. The van der Waals surface area contributed by atoms with Crippen LogP contribution in [-0.2, 0) is 0 Å². The lowest BCUT2D eigenvalue weighted by atomic mass is 9.96. The van der Waals surface area contributed by atoms with E-state index in [1.54, 1.807) is 0 Å². The van der Waals surface area contributed by atoms with Crippen LogP contribution in [0, 0.1) is 11.8 Å². The van der Waals surface area contributed by atoms with Gasteiger partial charge in [-0.1, -0.05) is 59.8 Å². The molecule has 0 aliphatic carbocycles. The Morgan fingerprint density at radius 1 is 0.750 bits per heavy atom. The standard InChI is InChI=1S/C15H33N/c1-5-9-11-15(10-6-2)13-16-12-14(7-3)8-4/h14-16H,5-13H2,1-4H3. The first kappa shape index (κ1) is 16.0. The molecule has 1 heteroatoms. The Morgan fingerprint density at radius 2 is 1.38 bits per heavy atom. The van der Waals surface area contributed by atoms with Gasteiger partial charge in [0.15, 0.2) is 0 Å². The summed E-state index contributed by atoms with van der Waals surface area (Å²) in [6.07, 6.45) is 9.52. The van der Waals surface area contributed by atoms with Crippen molar-refractivity contribution in [1.29, 1.82) is 0 Å². The van der Waals surface area contributed by atoms with E-state index in [1.165, 1.54) is 58.0 Å². The Hall–Kier alpha value is -0.0400. The van der Waals surface area contributed by atoms with Crippen LogP contribution in [0.3, 0.4) is 0 Å². The van der Waals surface area contributed by atoms with Crippen molar-refractivity contribution < 1.29 is 0 Å². The highest BCUT2D eigenvalue weighted by molar-refractivity contribution is 4.65. The van der Waals surface area contributed by atoms with E-state index in [9.17, 15) is 0 Å². The fourth-order valence-corrected chi connectivity index (χ4v) is 2.32. The zero-order valence-corrected chi connectivity index (χ0v) is 12.0. The highest BCUT2D eigenvalue weighted by Gasteiger charge is 2.08. The molecule has 1 nitrogen and oxygen atoms in total. The second-order valence-corrected chi connectivity index (χ2v) is 5.14. The molecule has 0 aromatic carbocycles. The van der Waals surface area contributed by atoms with Gasteiger partial charge in [0.2, 0.25) is 0 Å². The fourth-order valence-electron chi connectivity index (χ4n) is 2.32. The van der Waals surface area contributed by atoms with Crippen molar-refractivity contribution in [2.45, 2.75) is 72.6 Å². The highest BCUT2D eigenvalue weighted by atomic mass is 14.9. The minimum Gasteiger partial charge on any atom is -0.316 e. The van der Waals surface area contributed by atoms with Crippen LogP contribution in [0.5, 0.6) is 0 Å². The number of hydrogen-bond acceptors (Lipinski definition) is 1. The molecule has 0 aliphatic rings. The normalized spacial score (nSPS) is 13.3. The predicted octanol–water partition coefficient (Wildman–Crippen LogP) is 4.62. The van der Waals surface area contributed by atoms with Crippen molar-refractivity contribution >= 4 is 0 Å². The van der Waals surface area contributed by atoms with E-state index < -0.39 is 0 Å². The van der Waals surface area contributed by atoms with E-state index in [4.69, 9.17) is 0 Å². The third-order valence-electron chi connectivity index (χ3n) is 3.68. The SMILES string of the molecule is CCCCC(CCC)CNCC(CC)CC. The van der Waals surface area contributed by atoms with Crippen molar-refractivity contribution in [2.24, 2.45) is 11.8 Å². The molecule has 0 rings (SSSR count). The summed E-state index contributed by atoms with van der Waals surface area (Å²) in [6.45, 7) is 11.7. The lowest BCUT2D eigenvalue weighted by molar-refractivity contribution is 0.372. The van der Waals surface area contributed by atoms with Gasteiger partial charge in [-0.25, -0.2) is 0 Å². The summed E-state index contributed by atoms with van der Waals surface area (Å²) in [4.78, 5) is 0. The number of hydrogen-bond donors (Lipinski definition) is 1. The minimum absolute atomic E-state index is 0.883. The Morgan fingerprint density at radius 3 is 1.88 bits per heavy atom. The molecule has 0 aromatic rings. The topological polar surface area (TPSA) is 12.0 Å². The van der Waals surface area contributed by atoms with Gasteiger partial charge in [0, 0.05) is 0 Å². The van der Waals surface area contributed by atoms with Crippen LogP contribution in [-0.4, -0.2) is 13.1 Å². The van der Waals surface area contributed by atoms with Gasteiger partial charge in [0.1, 0.15) is 0 Å². The second-order valence-electron chi connectivity index (χ2n) is 5.14. The first-order chi connectivity index (χ1) is 7.78. The molecule has 0 saturated heterocycles. The molecule has 1 atom stereocenters. The van der Waals surface area contributed by atoms with Gasteiger partial charge in [-0.3, -0.25) is 0 Å². The van der Waals surface area contributed by atoms with Crippen molar-refractivity contribution in [3.63, 3.8) is 0 Å². The first-order valence-electron chi connectivity index (χ1n) is 7.49. The molecule has 0 heterocycles. The van der Waals surface area contributed by atoms with Gasteiger partial charge < -0.3 is 5.32 Å². The molecule has 0 aromatic heterocycles. The van der Waals surface area contributed by atoms with Crippen LogP contribution in [0.2, 0.25) is 0 Å². The van der Waals surface area contributed by atoms with Gasteiger partial charge >= 0.3 is 0 Å². The van der Waals surface area contributed by atoms with Crippen molar-refractivity contribution in [3.8, 4) is 0 Å². The quantitative estimate of drug-likeness (QED) is 0.543. The summed E-state index contributed by atoms with van der Waals surface area (Å²) in [5, 5.41) is 3.68. The fraction of sp³-hybridized carbons (Fsp3) is 1.00. The summed E-state index contributed by atoms with van der Waals surface area (Å²) >= 11 is 0. The molecule has 1 unspecified atom stereocenters. The van der Waals surface area contributed by atoms with Crippen LogP contribution in [0.4, 0.5) is 0 Å². The molecule has 0 amide bonds. The van der Waals surface area contributed by atoms with Gasteiger partial charge in [0.05, 0.1) is 0 Å². The van der Waals surface area contributed by atoms with Crippen LogP contribution in [0.15, 0.2) is 0 Å². The molecular formula is C15H33N. The van der Waals surface area contributed by atoms with Gasteiger partial charge in [-0.2, -0.15) is 0 Å². The van der Waals surface area contributed by atoms with E-state index in [-0.39, 0.29) is 0 Å². The largest absolute Gasteiger partial charge is 0.316 e. The lowest BCUT2D eigenvalue weighted by Gasteiger charge is -2.19. The maximum atomic E-state index is 3.68. The molecular weight excluding hydrogens is 194 g/mol. The number of unbranched alkanes of at least 4 members (excludes halogenated alkanes) is 1. The van der Waals surface area contributed by atoms with Crippen LogP contribution < -0.4 is 5.32 Å². The van der Waals surface area contributed by atoms with Crippen molar-refractivity contribution in [1.82, 2.24) is 5.32 Å². The Labute approximate surface area is 103 Å². The average molecular weight is 227 g/mol. The zero-order valence-electron chi connectivity index (χ0n) is 12.0. The first-order valence-corrected chi connectivity index (χ1v) is 7.49. The lowest BCUT2D eigenvalue weighted by Crippen LogP contribution is -2.28.